The fourth-order valence-corrected chi connectivity index (χ4v) is 22.4. The van der Waals surface area contributed by atoms with Gasteiger partial charge in [-0.15, -0.1) is 0 Å². The molecular formula is C141H98N4O. The van der Waals surface area contributed by atoms with Gasteiger partial charge in [-0.3, -0.25) is 0 Å². The van der Waals surface area contributed by atoms with E-state index in [1.54, 1.807) is 0 Å². The Hall–Kier alpha value is -18.9. The zero-order chi connectivity index (χ0) is 97.1. The van der Waals surface area contributed by atoms with Crippen LogP contribution in [-0.2, 0) is 5.41 Å². The van der Waals surface area contributed by atoms with Crippen molar-refractivity contribution in [1.29, 1.82) is 0 Å². The number of rotatable bonds is 16. The molecule has 688 valence electrons. The Balaban J connectivity index is 0.000000111. The average molecular weight is 1860 g/mol. The van der Waals surface area contributed by atoms with E-state index < -0.39 is 0 Å². The highest BCUT2D eigenvalue weighted by atomic mass is 16.3. The van der Waals surface area contributed by atoms with Gasteiger partial charge in [0.1, 0.15) is 11.2 Å². The van der Waals surface area contributed by atoms with E-state index in [1.807, 2.05) is 12.1 Å². The van der Waals surface area contributed by atoms with Gasteiger partial charge in [0.05, 0.1) is 16.7 Å². The van der Waals surface area contributed by atoms with Gasteiger partial charge in [0.2, 0.25) is 0 Å². The molecule has 0 fully saturated rings. The molecule has 0 bridgehead atoms. The van der Waals surface area contributed by atoms with Crippen molar-refractivity contribution in [2.45, 2.75) is 19.3 Å². The lowest BCUT2D eigenvalue weighted by Gasteiger charge is -2.30. The molecule has 27 aromatic rings. The number of para-hydroxylation sites is 5. The van der Waals surface area contributed by atoms with Gasteiger partial charge in [-0.25, -0.2) is 0 Å². The van der Waals surface area contributed by atoms with Gasteiger partial charge in [-0.05, 0) is 288 Å². The second-order valence-corrected chi connectivity index (χ2v) is 38.6. The number of anilines is 9. The number of fused-ring (bicyclic) bond motifs is 18. The predicted octanol–water partition coefficient (Wildman–Crippen LogP) is 39.7. The lowest BCUT2D eigenvalue weighted by Crippen LogP contribution is -2.16. The summed E-state index contributed by atoms with van der Waals surface area (Å²) in [5, 5.41) is 19.9. The molecule has 0 amide bonds. The van der Waals surface area contributed by atoms with Crippen LogP contribution in [0.2, 0.25) is 0 Å². The molecule has 0 saturated heterocycles. The zero-order valence-corrected chi connectivity index (χ0v) is 80.8. The largest absolute Gasteiger partial charge is 0.455 e. The number of benzene rings is 25. The van der Waals surface area contributed by atoms with Crippen LogP contribution >= 0.6 is 0 Å². The van der Waals surface area contributed by atoms with Crippen LogP contribution in [0.4, 0.5) is 51.2 Å². The van der Waals surface area contributed by atoms with Crippen molar-refractivity contribution in [3.05, 3.63) is 569 Å². The van der Waals surface area contributed by atoms with E-state index in [0.717, 1.165) is 84.3 Å². The minimum Gasteiger partial charge on any atom is -0.455 e. The van der Waals surface area contributed by atoms with Crippen LogP contribution in [0.5, 0.6) is 0 Å². The number of nitrogens with zero attached hydrogens (tertiary/aromatic N) is 4. The lowest BCUT2D eigenvalue weighted by molar-refractivity contribution is 0.660. The molecular weight excluding hydrogens is 1770 g/mol. The van der Waals surface area contributed by atoms with Crippen molar-refractivity contribution in [3.8, 4) is 83.6 Å². The third kappa shape index (κ3) is 16.1. The Morgan fingerprint density at radius 1 is 0.178 bits per heavy atom. The first kappa shape index (κ1) is 87.3. The number of hydrogen-bond donors (Lipinski definition) is 0. The molecule has 0 spiro atoms. The van der Waals surface area contributed by atoms with Crippen molar-refractivity contribution in [3.63, 3.8) is 0 Å². The highest BCUT2D eigenvalue weighted by Crippen LogP contribution is 2.53. The van der Waals surface area contributed by atoms with Crippen molar-refractivity contribution in [2.24, 2.45) is 0 Å². The van der Waals surface area contributed by atoms with Gasteiger partial charge in [-0.2, -0.15) is 0 Å². The molecule has 146 heavy (non-hydrogen) atoms. The molecule has 0 atom stereocenters. The van der Waals surface area contributed by atoms with Crippen molar-refractivity contribution in [1.82, 2.24) is 4.57 Å². The SMILES string of the molecule is CC1(C)c2ccccc2-c2ccc(N(c3ccc(-c4ccc5c(ccc6ccccc65)c4)cc3)c3ccccc3-c3ccccc3)cc21.c1ccc(-c2ccc(N(c3ccc(-c4ccc5c(c4)c4ccccc4n5-c4ccccc4)cc3)c3ccc4c(ccc5ccccc54)c3)cc2)cc1.c1ccc(-c2ccc(N(c3ccc(-c4cccc5c4oc4ccccc45)cc3)c3ccc4c(ccc5ccccc54)c3)cc2)cc1. The average Bonchev–Trinajstić information content (AvgIpc) is 1.57. The first-order valence-corrected chi connectivity index (χ1v) is 50.3. The molecule has 1 aliphatic carbocycles. The molecule has 1 aliphatic rings. The van der Waals surface area contributed by atoms with Crippen molar-refractivity contribution >= 4 is 160 Å². The summed E-state index contributed by atoms with van der Waals surface area (Å²) >= 11 is 0. The van der Waals surface area contributed by atoms with Crippen LogP contribution in [0.25, 0.3) is 192 Å². The van der Waals surface area contributed by atoms with E-state index >= 15 is 0 Å². The summed E-state index contributed by atoms with van der Waals surface area (Å²) in [6.07, 6.45) is 0. The maximum Gasteiger partial charge on any atom is 0.143 e. The Labute approximate surface area is 849 Å². The molecule has 0 radical (unpaired) electrons. The normalized spacial score (nSPS) is 12.0. The smallest absolute Gasteiger partial charge is 0.143 e. The van der Waals surface area contributed by atoms with Gasteiger partial charge in [-0.1, -0.05) is 426 Å². The molecule has 0 N–H and O–H groups in total. The number of furan rings is 1. The second-order valence-electron chi connectivity index (χ2n) is 38.6. The van der Waals surface area contributed by atoms with E-state index in [9.17, 15) is 0 Å². The highest BCUT2D eigenvalue weighted by Gasteiger charge is 2.36. The third-order valence-corrected chi connectivity index (χ3v) is 29.7. The minimum atomic E-state index is -0.0855. The maximum atomic E-state index is 6.36. The summed E-state index contributed by atoms with van der Waals surface area (Å²) < 4.78 is 8.73. The van der Waals surface area contributed by atoms with Crippen LogP contribution in [0.3, 0.4) is 0 Å². The molecule has 2 heterocycles. The topological polar surface area (TPSA) is 27.8 Å². The zero-order valence-electron chi connectivity index (χ0n) is 80.8. The van der Waals surface area contributed by atoms with Crippen LogP contribution in [-0.4, -0.2) is 4.57 Å². The monoisotopic (exact) mass is 1860 g/mol. The fourth-order valence-electron chi connectivity index (χ4n) is 22.4. The minimum absolute atomic E-state index is 0.0855. The molecule has 28 rings (SSSR count). The van der Waals surface area contributed by atoms with Crippen LogP contribution in [0.15, 0.2) is 563 Å². The van der Waals surface area contributed by atoms with Gasteiger partial charge < -0.3 is 23.7 Å². The molecule has 5 nitrogen and oxygen atoms in total. The fraction of sp³-hybridized carbons (Fsp3) is 0.0213. The first-order chi connectivity index (χ1) is 72.1. The summed E-state index contributed by atoms with van der Waals surface area (Å²) in [5.41, 5.74) is 35.1. The summed E-state index contributed by atoms with van der Waals surface area (Å²) in [4.78, 5) is 7.14. The standard InChI is InChI=1S/C50H34N2.C47H35N.C44H29NO/c1-3-11-35(12-4-1)36-21-26-42(27-22-36)51(44-30-31-46-40(33-44)20-19-38-13-7-8-16-45(38)46)43-28-23-37(24-29-43)39-25-32-50-48(34-39)47-17-9-10-18-49(47)52(50)41-14-5-2-6-15-41;1-47(2)44-18-10-8-17-42(44)43-29-27-38(31-45(43)47)48(46-19-11-9-16-41(46)33-12-4-3-5-13-33)37-25-22-32(23-26-37)35-24-28-40-36(30-35)21-20-34-14-6-7-15-39(34)40;1-2-9-30(10-3-1)31-19-23-35(24-20-31)45(37-27-28-39-34(29-37)18-17-32-11-4-5-12-38(32)39)36-25-21-33(22-26-36)40-14-8-15-42-41-13-6-7-16-43(41)46-44(40)42/h1-34H;3-31H,1-2H3;1-29H. The molecule has 25 aromatic carbocycles. The van der Waals surface area contributed by atoms with Crippen LogP contribution in [0.1, 0.15) is 25.0 Å². The van der Waals surface area contributed by atoms with Crippen LogP contribution < -0.4 is 14.7 Å². The Morgan fingerprint density at radius 3 is 1.06 bits per heavy atom. The predicted molar refractivity (Wildman–Crippen MR) is 620 cm³/mol. The quantitative estimate of drug-likeness (QED) is 0.0901. The second kappa shape index (κ2) is 37.3. The first-order valence-electron chi connectivity index (χ1n) is 50.3. The molecule has 2 aromatic heterocycles. The summed E-state index contributed by atoms with van der Waals surface area (Å²) in [6, 6.07) is 202. The summed E-state index contributed by atoms with van der Waals surface area (Å²) in [7, 11) is 0. The van der Waals surface area contributed by atoms with E-state index in [2.05, 4.69) is 579 Å². The Kier molecular flexibility index (Phi) is 22.3. The Morgan fingerprint density at radius 2 is 0.514 bits per heavy atom. The van der Waals surface area contributed by atoms with Crippen LogP contribution in [0, 0.1) is 0 Å². The third-order valence-electron chi connectivity index (χ3n) is 29.7. The van der Waals surface area contributed by atoms with Gasteiger partial charge in [0.15, 0.2) is 0 Å². The van der Waals surface area contributed by atoms with Gasteiger partial charge in [0, 0.05) is 89.3 Å². The van der Waals surface area contributed by atoms with Gasteiger partial charge >= 0.3 is 0 Å². The summed E-state index contributed by atoms with van der Waals surface area (Å²) in [6.45, 7) is 4.70. The molecule has 5 heteroatoms. The van der Waals surface area contributed by atoms with E-state index in [0.29, 0.717) is 0 Å². The summed E-state index contributed by atoms with van der Waals surface area (Å²) in [5.74, 6) is 0. The lowest BCUT2D eigenvalue weighted by atomic mass is 9.82. The van der Waals surface area contributed by atoms with Gasteiger partial charge in [0.25, 0.3) is 0 Å². The van der Waals surface area contributed by atoms with Crippen molar-refractivity contribution in [2.75, 3.05) is 14.7 Å². The number of hydrogen-bond acceptors (Lipinski definition) is 4. The molecule has 0 saturated carbocycles. The van der Waals surface area contributed by atoms with Crippen molar-refractivity contribution < 1.29 is 4.42 Å². The van der Waals surface area contributed by atoms with E-state index in [-0.39, 0.29) is 5.41 Å². The highest BCUT2D eigenvalue weighted by molar-refractivity contribution is 6.15. The van der Waals surface area contributed by atoms with E-state index in [1.165, 1.54) is 170 Å². The molecule has 0 aliphatic heterocycles. The molecule has 0 unspecified atom stereocenters. The van der Waals surface area contributed by atoms with E-state index in [4.69, 9.17) is 4.42 Å². The Bertz CT molecular complexity index is 9610. The number of aromatic nitrogens is 1. The maximum absolute atomic E-state index is 6.36.